The van der Waals surface area contributed by atoms with Gasteiger partial charge in [0.05, 0.1) is 25.6 Å². The van der Waals surface area contributed by atoms with Crippen LogP contribution in [0, 0.1) is 16.7 Å². The summed E-state index contributed by atoms with van der Waals surface area (Å²) in [6.45, 7) is 0. The van der Waals surface area contributed by atoms with Gasteiger partial charge in [0.2, 0.25) is 5.91 Å². The molecule has 0 heterocycles. The normalized spacial score (nSPS) is 15.4. The van der Waals surface area contributed by atoms with Gasteiger partial charge in [-0.2, -0.15) is 5.26 Å². The van der Waals surface area contributed by atoms with Gasteiger partial charge in [-0.05, 0) is 29.5 Å². The molecule has 0 aliphatic heterocycles. The van der Waals surface area contributed by atoms with Crippen LogP contribution in [0.5, 0.6) is 0 Å². The average Bonchev–Trinajstić information content (AvgIpc) is 3.49. The SMILES string of the molecule is COC(=O)C[C@@H](NC(=O)C1(C#N)CC1)c1ccc(-c2ccccc2)cc1. The maximum Gasteiger partial charge on any atom is 0.307 e. The predicted molar refractivity (Wildman–Crippen MR) is 96.7 cm³/mol. The number of nitrogens with zero attached hydrogens (tertiary/aromatic N) is 1. The molecular formula is C21H20N2O3. The lowest BCUT2D eigenvalue weighted by Gasteiger charge is -2.20. The molecule has 0 bridgehead atoms. The molecule has 1 amide bonds. The molecule has 0 radical (unpaired) electrons. The van der Waals surface area contributed by atoms with E-state index in [1.54, 1.807) is 0 Å². The van der Waals surface area contributed by atoms with E-state index in [9.17, 15) is 14.9 Å². The summed E-state index contributed by atoms with van der Waals surface area (Å²) in [5, 5.41) is 12.0. The maximum absolute atomic E-state index is 12.4. The fraction of sp³-hybridized carbons (Fsp3) is 0.286. The lowest BCUT2D eigenvalue weighted by atomic mass is 9.98. The number of carbonyl (C=O) groups excluding carboxylic acids is 2. The molecule has 0 spiro atoms. The zero-order valence-electron chi connectivity index (χ0n) is 14.6. The van der Waals surface area contributed by atoms with Crippen molar-refractivity contribution in [3.8, 4) is 17.2 Å². The smallest absolute Gasteiger partial charge is 0.307 e. The van der Waals surface area contributed by atoms with Gasteiger partial charge in [-0.25, -0.2) is 0 Å². The number of rotatable bonds is 6. The van der Waals surface area contributed by atoms with Gasteiger partial charge in [0.1, 0.15) is 5.41 Å². The van der Waals surface area contributed by atoms with E-state index in [0.717, 1.165) is 16.7 Å². The van der Waals surface area contributed by atoms with E-state index >= 15 is 0 Å². The first-order valence-corrected chi connectivity index (χ1v) is 8.52. The minimum Gasteiger partial charge on any atom is -0.469 e. The molecule has 3 rings (SSSR count). The Morgan fingerprint density at radius 1 is 1.12 bits per heavy atom. The Bertz CT molecular complexity index is 834. The van der Waals surface area contributed by atoms with Crippen LogP contribution in [-0.2, 0) is 14.3 Å². The minimum absolute atomic E-state index is 0.0223. The van der Waals surface area contributed by atoms with Crippen LogP contribution in [0.4, 0.5) is 0 Å². The first-order valence-electron chi connectivity index (χ1n) is 8.52. The lowest BCUT2D eigenvalue weighted by Crippen LogP contribution is -2.35. The summed E-state index contributed by atoms with van der Waals surface area (Å²) < 4.78 is 4.75. The molecule has 1 N–H and O–H groups in total. The van der Waals surface area contributed by atoms with Gasteiger partial charge in [0.25, 0.3) is 0 Å². The Hall–Kier alpha value is -3.13. The molecule has 132 valence electrons. The first kappa shape index (κ1) is 17.7. The number of methoxy groups -OCH3 is 1. The topological polar surface area (TPSA) is 79.2 Å². The second kappa shape index (κ2) is 7.40. The van der Waals surface area contributed by atoms with Crippen LogP contribution >= 0.6 is 0 Å². The zero-order chi connectivity index (χ0) is 18.6. The van der Waals surface area contributed by atoms with Crippen molar-refractivity contribution in [2.45, 2.75) is 25.3 Å². The number of nitriles is 1. The summed E-state index contributed by atoms with van der Waals surface area (Å²) in [6, 6.07) is 19.2. The van der Waals surface area contributed by atoms with Gasteiger partial charge in [0, 0.05) is 0 Å². The predicted octanol–water partition coefficient (Wildman–Crippen LogP) is 3.38. The summed E-state index contributed by atoms with van der Waals surface area (Å²) in [6.07, 6.45) is 1.15. The van der Waals surface area contributed by atoms with Crippen molar-refractivity contribution in [2.75, 3.05) is 7.11 Å². The molecule has 1 aliphatic carbocycles. The summed E-state index contributed by atoms with van der Waals surface area (Å²) in [5.41, 5.74) is 2.01. The van der Waals surface area contributed by atoms with Crippen LogP contribution < -0.4 is 5.32 Å². The molecule has 2 aromatic carbocycles. The van der Waals surface area contributed by atoms with Crippen molar-refractivity contribution in [3.05, 3.63) is 60.2 Å². The number of ether oxygens (including phenoxy) is 1. The molecule has 2 aromatic rings. The number of carbonyl (C=O) groups is 2. The van der Waals surface area contributed by atoms with Gasteiger partial charge < -0.3 is 10.1 Å². The highest BCUT2D eigenvalue weighted by Crippen LogP contribution is 2.45. The van der Waals surface area contributed by atoms with Crippen molar-refractivity contribution >= 4 is 11.9 Å². The van der Waals surface area contributed by atoms with Gasteiger partial charge in [-0.3, -0.25) is 9.59 Å². The number of hydrogen-bond acceptors (Lipinski definition) is 4. The maximum atomic E-state index is 12.4. The molecule has 26 heavy (non-hydrogen) atoms. The second-order valence-corrected chi connectivity index (χ2v) is 6.49. The molecule has 0 saturated heterocycles. The van der Waals surface area contributed by atoms with Crippen LogP contribution in [0.1, 0.15) is 30.9 Å². The monoisotopic (exact) mass is 348 g/mol. The Balaban J connectivity index is 1.81. The Kier molecular flexibility index (Phi) is 5.04. The Morgan fingerprint density at radius 2 is 1.73 bits per heavy atom. The highest BCUT2D eigenvalue weighted by atomic mass is 16.5. The van der Waals surface area contributed by atoms with Gasteiger partial charge in [-0.15, -0.1) is 0 Å². The van der Waals surface area contributed by atoms with Crippen molar-refractivity contribution in [3.63, 3.8) is 0 Å². The number of hydrogen-bond donors (Lipinski definition) is 1. The molecule has 0 aromatic heterocycles. The third kappa shape index (κ3) is 3.75. The van der Waals surface area contributed by atoms with Gasteiger partial charge >= 0.3 is 5.97 Å². The minimum atomic E-state index is -0.932. The molecule has 0 unspecified atom stereocenters. The standard InChI is InChI=1S/C21H20N2O3/c1-26-19(24)13-18(23-20(25)21(14-22)11-12-21)17-9-7-16(8-10-17)15-5-3-2-4-6-15/h2-10,18H,11-13H2,1H3,(H,23,25)/t18-/m1/s1. The van der Waals surface area contributed by atoms with Crippen LogP contribution in [0.3, 0.4) is 0 Å². The fourth-order valence-electron chi connectivity index (χ4n) is 2.85. The molecule has 5 heteroatoms. The number of nitrogens with one attached hydrogen (secondary N) is 1. The number of benzene rings is 2. The molecular weight excluding hydrogens is 328 g/mol. The zero-order valence-corrected chi connectivity index (χ0v) is 14.6. The fourth-order valence-corrected chi connectivity index (χ4v) is 2.85. The second-order valence-electron chi connectivity index (χ2n) is 6.49. The quantitative estimate of drug-likeness (QED) is 0.812. The van der Waals surface area contributed by atoms with E-state index in [0.29, 0.717) is 12.8 Å². The molecule has 1 atom stereocenters. The molecule has 1 aliphatic rings. The molecule has 1 fully saturated rings. The van der Waals surface area contributed by atoms with Crippen LogP contribution in [0.15, 0.2) is 54.6 Å². The summed E-state index contributed by atoms with van der Waals surface area (Å²) in [7, 11) is 1.32. The van der Waals surface area contributed by atoms with Crippen molar-refractivity contribution in [2.24, 2.45) is 5.41 Å². The van der Waals surface area contributed by atoms with E-state index in [-0.39, 0.29) is 12.3 Å². The summed E-state index contributed by atoms with van der Waals surface area (Å²) in [4.78, 5) is 24.2. The van der Waals surface area contributed by atoms with E-state index in [4.69, 9.17) is 4.74 Å². The van der Waals surface area contributed by atoms with E-state index < -0.39 is 17.4 Å². The molecule has 5 nitrogen and oxygen atoms in total. The van der Waals surface area contributed by atoms with Crippen LogP contribution in [0.25, 0.3) is 11.1 Å². The highest BCUT2D eigenvalue weighted by Gasteiger charge is 2.51. The average molecular weight is 348 g/mol. The number of amides is 1. The molecule has 1 saturated carbocycles. The van der Waals surface area contributed by atoms with Crippen LogP contribution in [-0.4, -0.2) is 19.0 Å². The van der Waals surface area contributed by atoms with Gasteiger partial charge in [0.15, 0.2) is 0 Å². The summed E-state index contributed by atoms with van der Waals surface area (Å²) in [5.74, 6) is -0.731. The highest BCUT2D eigenvalue weighted by molar-refractivity contribution is 5.89. The van der Waals surface area contributed by atoms with Crippen molar-refractivity contribution < 1.29 is 14.3 Å². The van der Waals surface area contributed by atoms with E-state index in [1.807, 2.05) is 54.6 Å². The largest absolute Gasteiger partial charge is 0.469 e. The van der Waals surface area contributed by atoms with E-state index in [2.05, 4.69) is 11.4 Å². The lowest BCUT2D eigenvalue weighted by molar-refractivity contribution is -0.141. The first-order chi connectivity index (χ1) is 12.6. The van der Waals surface area contributed by atoms with Crippen molar-refractivity contribution in [1.82, 2.24) is 5.32 Å². The van der Waals surface area contributed by atoms with E-state index in [1.165, 1.54) is 7.11 Å². The Morgan fingerprint density at radius 3 is 2.27 bits per heavy atom. The van der Waals surface area contributed by atoms with Crippen LogP contribution in [0.2, 0.25) is 0 Å². The summed E-state index contributed by atoms with van der Waals surface area (Å²) >= 11 is 0. The van der Waals surface area contributed by atoms with Crippen molar-refractivity contribution in [1.29, 1.82) is 5.26 Å². The number of esters is 1. The third-order valence-corrected chi connectivity index (χ3v) is 4.72. The Labute approximate surface area is 152 Å². The van der Waals surface area contributed by atoms with Gasteiger partial charge in [-0.1, -0.05) is 54.6 Å². The third-order valence-electron chi connectivity index (χ3n) is 4.72.